The van der Waals surface area contributed by atoms with Gasteiger partial charge in [0.1, 0.15) is 0 Å². The van der Waals surface area contributed by atoms with E-state index in [0.29, 0.717) is 11.4 Å². The van der Waals surface area contributed by atoms with E-state index in [1.54, 1.807) is 0 Å². The standard InChI is InChI=1S/C17H16N4OS/c18-9-10-4-1-2-5-11(10)12-6-3-7-14-13(12)8-15(23-14)16(22)21-17(19)20/h1-8H,9,18H2,(H4,19,20,21,22). The number of nitrogens with zero attached hydrogens (tertiary/aromatic N) is 1. The van der Waals surface area contributed by atoms with Gasteiger partial charge in [-0.2, -0.15) is 4.99 Å². The molecule has 0 saturated heterocycles. The number of guanidine groups is 1. The largest absolute Gasteiger partial charge is 0.370 e. The summed E-state index contributed by atoms with van der Waals surface area (Å²) in [6, 6.07) is 15.8. The van der Waals surface area contributed by atoms with E-state index < -0.39 is 5.91 Å². The van der Waals surface area contributed by atoms with Gasteiger partial charge >= 0.3 is 0 Å². The zero-order chi connectivity index (χ0) is 16.4. The first-order valence-electron chi connectivity index (χ1n) is 7.05. The number of benzene rings is 2. The van der Waals surface area contributed by atoms with Gasteiger partial charge in [-0.1, -0.05) is 36.4 Å². The third-order valence-corrected chi connectivity index (χ3v) is 4.62. The average molecular weight is 324 g/mol. The van der Waals surface area contributed by atoms with E-state index in [0.717, 1.165) is 26.8 Å². The molecule has 1 amide bonds. The van der Waals surface area contributed by atoms with E-state index in [9.17, 15) is 4.79 Å². The Morgan fingerprint density at radius 1 is 1.04 bits per heavy atom. The van der Waals surface area contributed by atoms with E-state index in [1.165, 1.54) is 11.3 Å². The number of nitrogens with two attached hydrogens (primary N) is 3. The van der Waals surface area contributed by atoms with Crippen LogP contribution in [0.3, 0.4) is 0 Å². The van der Waals surface area contributed by atoms with Gasteiger partial charge in [0.2, 0.25) is 0 Å². The van der Waals surface area contributed by atoms with Crippen LogP contribution in [0.2, 0.25) is 0 Å². The second-order valence-electron chi connectivity index (χ2n) is 5.03. The van der Waals surface area contributed by atoms with E-state index in [-0.39, 0.29) is 5.96 Å². The molecule has 1 aromatic heterocycles. The minimum absolute atomic E-state index is 0.235. The Morgan fingerprint density at radius 3 is 2.52 bits per heavy atom. The molecule has 0 spiro atoms. The van der Waals surface area contributed by atoms with Gasteiger partial charge in [0.25, 0.3) is 5.91 Å². The van der Waals surface area contributed by atoms with E-state index in [2.05, 4.69) is 4.99 Å². The summed E-state index contributed by atoms with van der Waals surface area (Å²) in [6.45, 7) is 0.455. The molecule has 3 rings (SSSR count). The summed E-state index contributed by atoms with van der Waals surface area (Å²) in [6.07, 6.45) is 0. The molecule has 0 fully saturated rings. The van der Waals surface area contributed by atoms with Crippen molar-refractivity contribution < 1.29 is 4.79 Å². The molecule has 6 heteroatoms. The molecule has 3 aromatic rings. The Bertz CT molecular complexity index is 910. The van der Waals surface area contributed by atoms with Crippen LogP contribution >= 0.6 is 11.3 Å². The van der Waals surface area contributed by atoms with E-state index >= 15 is 0 Å². The minimum Gasteiger partial charge on any atom is -0.370 e. The monoisotopic (exact) mass is 324 g/mol. The van der Waals surface area contributed by atoms with Crippen molar-refractivity contribution in [3.05, 3.63) is 59.0 Å². The number of carbonyl (C=O) groups is 1. The fraction of sp³-hybridized carbons (Fsp3) is 0.0588. The Labute approximate surface area is 137 Å². The molecule has 0 aliphatic carbocycles. The Hall–Kier alpha value is -2.70. The van der Waals surface area contributed by atoms with Crippen molar-refractivity contribution in [1.82, 2.24) is 0 Å². The number of amides is 1. The molecule has 0 aliphatic rings. The summed E-state index contributed by atoms with van der Waals surface area (Å²) in [4.78, 5) is 16.1. The van der Waals surface area contributed by atoms with Crippen LogP contribution in [0.5, 0.6) is 0 Å². The average Bonchev–Trinajstić information content (AvgIpc) is 2.98. The summed E-state index contributed by atoms with van der Waals surface area (Å²) < 4.78 is 1.00. The highest BCUT2D eigenvalue weighted by atomic mass is 32.1. The summed E-state index contributed by atoms with van der Waals surface area (Å²) in [5.41, 5.74) is 19.6. The number of thiophene rings is 1. The first-order chi connectivity index (χ1) is 11.1. The normalized spacial score (nSPS) is 10.7. The van der Waals surface area contributed by atoms with Crippen molar-refractivity contribution >= 4 is 33.3 Å². The van der Waals surface area contributed by atoms with Gasteiger partial charge in [0.15, 0.2) is 5.96 Å². The first kappa shape index (κ1) is 15.2. The maximum atomic E-state index is 12.0. The fourth-order valence-corrected chi connectivity index (χ4v) is 3.51. The molecular formula is C17H16N4OS. The van der Waals surface area contributed by atoms with Crippen molar-refractivity contribution in [2.75, 3.05) is 0 Å². The van der Waals surface area contributed by atoms with Crippen molar-refractivity contribution in [3.8, 4) is 11.1 Å². The fourth-order valence-electron chi connectivity index (χ4n) is 2.53. The molecule has 6 N–H and O–H groups in total. The van der Waals surface area contributed by atoms with Crippen LogP contribution in [-0.2, 0) is 6.54 Å². The summed E-state index contributed by atoms with van der Waals surface area (Å²) >= 11 is 1.37. The van der Waals surface area contributed by atoms with Gasteiger partial charge in [-0.05, 0) is 28.8 Å². The number of aliphatic imine (C=N–C) groups is 1. The second-order valence-corrected chi connectivity index (χ2v) is 6.11. The van der Waals surface area contributed by atoms with Crippen LogP contribution in [0, 0.1) is 0 Å². The summed E-state index contributed by atoms with van der Waals surface area (Å²) in [7, 11) is 0. The number of hydrogen-bond acceptors (Lipinski definition) is 3. The smallest absolute Gasteiger partial charge is 0.290 e. The number of rotatable bonds is 3. The lowest BCUT2D eigenvalue weighted by Gasteiger charge is -2.08. The molecule has 0 atom stereocenters. The van der Waals surface area contributed by atoms with E-state index in [1.807, 2.05) is 48.5 Å². The van der Waals surface area contributed by atoms with Crippen molar-refractivity contribution in [3.63, 3.8) is 0 Å². The van der Waals surface area contributed by atoms with Crippen LogP contribution in [-0.4, -0.2) is 11.9 Å². The Morgan fingerprint density at radius 2 is 1.78 bits per heavy atom. The highest BCUT2D eigenvalue weighted by Crippen LogP contribution is 2.35. The van der Waals surface area contributed by atoms with Crippen LogP contribution in [0.4, 0.5) is 0 Å². The predicted molar refractivity (Wildman–Crippen MR) is 95.3 cm³/mol. The molecule has 0 unspecified atom stereocenters. The zero-order valence-electron chi connectivity index (χ0n) is 12.3. The van der Waals surface area contributed by atoms with Crippen molar-refractivity contribution in [2.24, 2.45) is 22.2 Å². The molecule has 0 saturated carbocycles. The van der Waals surface area contributed by atoms with Gasteiger partial charge in [0.05, 0.1) is 4.88 Å². The maximum Gasteiger partial charge on any atom is 0.290 e. The number of carbonyl (C=O) groups excluding carboxylic acids is 1. The Balaban J connectivity index is 2.18. The van der Waals surface area contributed by atoms with Crippen LogP contribution in [0.1, 0.15) is 15.2 Å². The number of hydrogen-bond donors (Lipinski definition) is 3. The lowest BCUT2D eigenvalue weighted by atomic mass is 9.97. The van der Waals surface area contributed by atoms with E-state index in [4.69, 9.17) is 17.2 Å². The van der Waals surface area contributed by atoms with Crippen LogP contribution in [0.15, 0.2) is 53.5 Å². The SMILES string of the molecule is NCc1ccccc1-c1cccc2sc(C(=O)N=C(N)N)cc12. The molecule has 2 aromatic carbocycles. The highest BCUT2D eigenvalue weighted by molar-refractivity contribution is 7.20. The van der Waals surface area contributed by atoms with Gasteiger partial charge in [-0.3, -0.25) is 4.79 Å². The number of fused-ring (bicyclic) bond motifs is 1. The third kappa shape index (κ3) is 2.94. The zero-order valence-corrected chi connectivity index (χ0v) is 13.1. The molecule has 23 heavy (non-hydrogen) atoms. The summed E-state index contributed by atoms with van der Waals surface area (Å²) in [5.74, 6) is -0.662. The molecular weight excluding hydrogens is 308 g/mol. The second kappa shape index (κ2) is 6.20. The summed E-state index contributed by atoms with van der Waals surface area (Å²) in [5, 5.41) is 0.993. The van der Waals surface area contributed by atoms with Gasteiger partial charge in [0, 0.05) is 16.6 Å². The minimum atomic E-state index is -0.427. The lowest BCUT2D eigenvalue weighted by Crippen LogP contribution is -2.24. The molecule has 116 valence electrons. The Kier molecular flexibility index (Phi) is 4.10. The predicted octanol–water partition coefficient (Wildman–Crippen LogP) is 2.44. The highest BCUT2D eigenvalue weighted by Gasteiger charge is 2.14. The van der Waals surface area contributed by atoms with Crippen LogP contribution < -0.4 is 17.2 Å². The van der Waals surface area contributed by atoms with Crippen LogP contribution in [0.25, 0.3) is 21.2 Å². The lowest BCUT2D eigenvalue weighted by molar-refractivity contribution is 0.101. The molecule has 1 heterocycles. The molecule has 0 bridgehead atoms. The maximum absolute atomic E-state index is 12.0. The van der Waals surface area contributed by atoms with Gasteiger partial charge in [-0.15, -0.1) is 11.3 Å². The van der Waals surface area contributed by atoms with Gasteiger partial charge in [-0.25, -0.2) is 0 Å². The van der Waals surface area contributed by atoms with Crippen molar-refractivity contribution in [1.29, 1.82) is 0 Å². The molecule has 5 nitrogen and oxygen atoms in total. The quantitative estimate of drug-likeness (QED) is 0.508. The topological polar surface area (TPSA) is 107 Å². The molecule has 0 radical (unpaired) electrons. The molecule has 0 aliphatic heterocycles. The first-order valence-corrected chi connectivity index (χ1v) is 7.86. The van der Waals surface area contributed by atoms with Crippen molar-refractivity contribution in [2.45, 2.75) is 6.54 Å². The third-order valence-electron chi connectivity index (χ3n) is 3.53. The van der Waals surface area contributed by atoms with Gasteiger partial charge < -0.3 is 17.2 Å².